The van der Waals surface area contributed by atoms with Crippen molar-refractivity contribution >= 4 is 0 Å². The zero-order valence-corrected chi connectivity index (χ0v) is 9.87. The highest BCUT2D eigenvalue weighted by molar-refractivity contribution is 5.21. The summed E-state index contributed by atoms with van der Waals surface area (Å²) >= 11 is 0. The van der Waals surface area contributed by atoms with E-state index in [1.54, 1.807) is 18.6 Å². The second kappa shape index (κ2) is 5.55. The minimum Gasteiger partial charge on any atom is -0.387 e. The molecule has 1 atom stereocenters. The molecule has 1 unspecified atom stereocenters. The Kier molecular flexibility index (Phi) is 3.83. The molecule has 0 amide bonds. The molecule has 0 radical (unpaired) electrons. The zero-order chi connectivity index (χ0) is 12.1. The smallest absolute Gasteiger partial charge is 0.0978 e. The largest absolute Gasteiger partial charge is 0.387 e. The lowest BCUT2D eigenvalue weighted by Crippen LogP contribution is -2.02. The average Bonchev–Trinajstić information content (AvgIpc) is 2.39. The van der Waals surface area contributed by atoms with E-state index in [4.69, 9.17) is 0 Å². The number of hydrogen-bond donors (Lipinski definition) is 1. The van der Waals surface area contributed by atoms with Crippen molar-refractivity contribution in [2.75, 3.05) is 0 Å². The molecule has 1 aromatic heterocycles. The predicted molar refractivity (Wildman–Crippen MR) is 66.5 cm³/mol. The van der Waals surface area contributed by atoms with Crippen molar-refractivity contribution in [2.24, 2.45) is 0 Å². The molecule has 2 rings (SSSR count). The van der Waals surface area contributed by atoms with E-state index in [2.05, 4.69) is 41.2 Å². The lowest BCUT2D eigenvalue weighted by molar-refractivity contribution is 0.162. The van der Waals surface area contributed by atoms with E-state index in [9.17, 15) is 5.11 Å². The van der Waals surface area contributed by atoms with Gasteiger partial charge in [0.15, 0.2) is 0 Å². The van der Waals surface area contributed by atoms with Gasteiger partial charge in [-0.3, -0.25) is 9.97 Å². The highest BCUT2D eigenvalue weighted by Gasteiger charge is 2.08. The molecule has 0 saturated carbocycles. The van der Waals surface area contributed by atoms with E-state index < -0.39 is 6.10 Å². The Balaban J connectivity index is 1.92. The van der Waals surface area contributed by atoms with E-state index in [1.807, 2.05) is 0 Å². The van der Waals surface area contributed by atoms with Crippen LogP contribution < -0.4 is 0 Å². The molecule has 0 aliphatic heterocycles. The number of rotatable bonds is 4. The van der Waals surface area contributed by atoms with Crippen LogP contribution in [0.4, 0.5) is 0 Å². The average molecular weight is 228 g/mol. The van der Waals surface area contributed by atoms with Gasteiger partial charge in [0, 0.05) is 12.4 Å². The fourth-order valence-electron chi connectivity index (χ4n) is 1.69. The summed E-state index contributed by atoms with van der Waals surface area (Å²) in [6, 6.07) is 8.37. The van der Waals surface area contributed by atoms with Gasteiger partial charge in [-0.1, -0.05) is 29.8 Å². The third-order valence-corrected chi connectivity index (χ3v) is 2.75. The second-order valence-corrected chi connectivity index (χ2v) is 4.17. The Morgan fingerprint density at radius 3 is 2.59 bits per heavy atom. The topological polar surface area (TPSA) is 46.0 Å². The van der Waals surface area contributed by atoms with Crippen molar-refractivity contribution in [1.29, 1.82) is 0 Å². The zero-order valence-electron chi connectivity index (χ0n) is 9.87. The van der Waals surface area contributed by atoms with Crippen LogP contribution in [0, 0.1) is 6.92 Å². The Morgan fingerprint density at radius 1 is 1.18 bits per heavy atom. The molecule has 0 fully saturated rings. The van der Waals surface area contributed by atoms with Crippen molar-refractivity contribution in [3.05, 3.63) is 59.7 Å². The summed E-state index contributed by atoms with van der Waals surface area (Å²) in [6.45, 7) is 2.07. The van der Waals surface area contributed by atoms with E-state index >= 15 is 0 Å². The van der Waals surface area contributed by atoms with Gasteiger partial charge in [-0.05, 0) is 25.3 Å². The number of benzene rings is 1. The van der Waals surface area contributed by atoms with Crippen LogP contribution in [-0.4, -0.2) is 15.1 Å². The summed E-state index contributed by atoms with van der Waals surface area (Å²) in [5.41, 5.74) is 3.13. The van der Waals surface area contributed by atoms with Gasteiger partial charge < -0.3 is 5.11 Å². The number of aryl methyl sites for hydroxylation is 2. The fourth-order valence-corrected chi connectivity index (χ4v) is 1.69. The first-order valence-corrected chi connectivity index (χ1v) is 5.75. The van der Waals surface area contributed by atoms with Gasteiger partial charge in [-0.2, -0.15) is 0 Å². The molecule has 3 nitrogen and oxygen atoms in total. The van der Waals surface area contributed by atoms with Crippen LogP contribution in [0.2, 0.25) is 0 Å². The third-order valence-electron chi connectivity index (χ3n) is 2.75. The van der Waals surface area contributed by atoms with Crippen molar-refractivity contribution in [3.8, 4) is 0 Å². The molecule has 17 heavy (non-hydrogen) atoms. The van der Waals surface area contributed by atoms with E-state index in [0.717, 1.165) is 6.42 Å². The normalized spacial score (nSPS) is 12.4. The number of hydrogen-bond acceptors (Lipinski definition) is 3. The molecule has 0 bridgehead atoms. The molecule has 1 heterocycles. The van der Waals surface area contributed by atoms with Crippen LogP contribution in [0.25, 0.3) is 0 Å². The minimum atomic E-state index is -0.537. The summed E-state index contributed by atoms with van der Waals surface area (Å²) in [6.07, 6.45) is 5.80. The summed E-state index contributed by atoms with van der Waals surface area (Å²) in [5.74, 6) is 0. The Hall–Kier alpha value is -1.74. The van der Waals surface area contributed by atoms with Gasteiger partial charge >= 0.3 is 0 Å². The van der Waals surface area contributed by atoms with Crippen LogP contribution >= 0.6 is 0 Å². The maximum Gasteiger partial charge on any atom is 0.0978 e. The number of aliphatic hydroxyl groups excluding tert-OH is 1. The maximum atomic E-state index is 9.93. The van der Waals surface area contributed by atoms with Gasteiger partial charge in [0.05, 0.1) is 18.0 Å². The Labute approximate surface area is 101 Å². The first-order valence-electron chi connectivity index (χ1n) is 5.75. The van der Waals surface area contributed by atoms with E-state index in [0.29, 0.717) is 12.1 Å². The van der Waals surface area contributed by atoms with Crippen LogP contribution in [0.5, 0.6) is 0 Å². The third kappa shape index (κ3) is 3.36. The van der Waals surface area contributed by atoms with E-state index in [1.165, 1.54) is 11.1 Å². The number of aromatic nitrogens is 2. The molecule has 1 N–H and O–H groups in total. The Morgan fingerprint density at radius 2 is 1.94 bits per heavy atom. The standard InChI is InChI=1S/C14H16N2O/c1-11-2-4-12(5-3-11)6-7-14(17)13-10-15-8-9-16-13/h2-5,8-10,14,17H,6-7H2,1H3. The van der Waals surface area contributed by atoms with Crippen LogP contribution in [0.3, 0.4) is 0 Å². The molecule has 0 aliphatic rings. The molecule has 0 aliphatic carbocycles. The molecule has 2 aromatic rings. The van der Waals surface area contributed by atoms with Crippen molar-refractivity contribution in [3.63, 3.8) is 0 Å². The first-order chi connectivity index (χ1) is 8.25. The van der Waals surface area contributed by atoms with E-state index in [-0.39, 0.29) is 0 Å². The molecule has 1 aromatic carbocycles. The van der Waals surface area contributed by atoms with Crippen LogP contribution in [0.1, 0.15) is 29.3 Å². The fraction of sp³-hybridized carbons (Fsp3) is 0.286. The predicted octanol–water partition coefficient (Wildman–Crippen LogP) is 2.45. The van der Waals surface area contributed by atoms with Gasteiger partial charge in [0.25, 0.3) is 0 Å². The minimum absolute atomic E-state index is 0.537. The highest BCUT2D eigenvalue weighted by Crippen LogP contribution is 2.16. The van der Waals surface area contributed by atoms with Gasteiger partial charge in [-0.25, -0.2) is 0 Å². The van der Waals surface area contributed by atoms with Crippen molar-refractivity contribution < 1.29 is 5.11 Å². The quantitative estimate of drug-likeness (QED) is 0.874. The summed E-state index contributed by atoms with van der Waals surface area (Å²) < 4.78 is 0. The first kappa shape index (κ1) is 11.7. The lowest BCUT2D eigenvalue weighted by Gasteiger charge is -2.09. The Bertz CT molecular complexity index is 453. The molecule has 0 saturated heterocycles. The summed E-state index contributed by atoms with van der Waals surface area (Å²) in [4.78, 5) is 8.04. The molecule has 88 valence electrons. The number of nitrogens with zero attached hydrogens (tertiary/aromatic N) is 2. The van der Waals surface area contributed by atoms with Gasteiger partial charge in [-0.15, -0.1) is 0 Å². The van der Waals surface area contributed by atoms with Crippen LogP contribution in [-0.2, 0) is 6.42 Å². The van der Waals surface area contributed by atoms with Crippen LogP contribution in [0.15, 0.2) is 42.9 Å². The molecule has 3 heteroatoms. The second-order valence-electron chi connectivity index (χ2n) is 4.17. The lowest BCUT2D eigenvalue weighted by atomic mass is 10.0. The maximum absolute atomic E-state index is 9.93. The monoisotopic (exact) mass is 228 g/mol. The highest BCUT2D eigenvalue weighted by atomic mass is 16.3. The van der Waals surface area contributed by atoms with Crippen molar-refractivity contribution in [1.82, 2.24) is 9.97 Å². The molecular formula is C14H16N2O. The number of aliphatic hydroxyl groups is 1. The van der Waals surface area contributed by atoms with Gasteiger partial charge in [0.1, 0.15) is 0 Å². The SMILES string of the molecule is Cc1ccc(CCC(O)c2cnccn2)cc1. The summed E-state index contributed by atoms with van der Waals surface area (Å²) in [7, 11) is 0. The molecular weight excluding hydrogens is 212 g/mol. The molecule has 0 spiro atoms. The van der Waals surface area contributed by atoms with Crippen molar-refractivity contribution in [2.45, 2.75) is 25.9 Å². The summed E-state index contributed by atoms with van der Waals surface area (Å²) in [5, 5.41) is 9.93. The van der Waals surface area contributed by atoms with Gasteiger partial charge in [0.2, 0.25) is 0 Å².